The predicted octanol–water partition coefficient (Wildman–Crippen LogP) is 3.61. The first-order valence-corrected chi connectivity index (χ1v) is 8.91. The minimum Gasteiger partial charge on any atom is -0.490 e. The summed E-state index contributed by atoms with van der Waals surface area (Å²) in [6.45, 7) is 2.31. The van der Waals surface area contributed by atoms with E-state index in [2.05, 4.69) is 5.32 Å². The lowest BCUT2D eigenvalue weighted by Crippen LogP contribution is -2.51. The molecule has 0 unspecified atom stereocenters. The van der Waals surface area contributed by atoms with Gasteiger partial charge in [-0.05, 0) is 37.8 Å². The number of hydrogen-bond acceptors (Lipinski definition) is 3. The van der Waals surface area contributed by atoms with Crippen LogP contribution in [-0.2, 0) is 4.79 Å². The summed E-state index contributed by atoms with van der Waals surface area (Å²) in [6.07, 6.45) is 5.45. The Morgan fingerprint density at radius 2 is 1.96 bits per heavy atom. The molecule has 1 aromatic rings. The quantitative estimate of drug-likeness (QED) is 0.825. The monoisotopic (exact) mass is 350 g/mol. The van der Waals surface area contributed by atoms with Crippen LogP contribution < -0.4 is 10.1 Å². The third-order valence-electron chi connectivity index (χ3n) is 5.13. The summed E-state index contributed by atoms with van der Waals surface area (Å²) in [5.74, 6) is 0.639. The average molecular weight is 351 g/mol. The summed E-state index contributed by atoms with van der Waals surface area (Å²) >= 11 is 6.04. The van der Waals surface area contributed by atoms with Gasteiger partial charge in [-0.2, -0.15) is 0 Å². The van der Waals surface area contributed by atoms with Gasteiger partial charge in [0.15, 0.2) is 0 Å². The fourth-order valence-electron chi connectivity index (χ4n) is 3.68. The number of nitrogens with zero attached hydrogens (tertiary/aromatic N) is 1. The van der Waals surface area contributed by atoms with Crippen LogP contribution in [0.25, 0.3) is 0 Å². The largest absolute Gasteiger partial charge is 0.490 e. The molecule has 1 aliphatic heterocycles. The molecule has 1 saturated heterocycles. The Hall–Kier alpha value is -1.75. The van der Waals surface area contributed by atoms with E-state index >= 15 is 0 Å². The van der Waals surface area contributed by atoms with Crippen LogP contribution in [0.1, 0.15) is 39.0 Å². The Morgan fingerprint density at radius 1 is 1.25 bits per heavy atom. The lowest BCUT2D eigenvalue weighted by atomic mass is 9.75. The van der Waals surface area contributed by atoms with E-state index in [1.54, 1.807) is 12.1 Å². The summed E-state index contributed by atoms with van der Waals surface area (Å²) in [7, 11) is 0. The minimum absolute atomic E-state index is 0.137. The van der Waals surface area contributed by atoms with Gasteiger partial charge in [-0.25, -0.2) is 4.79 Å². The Morgan fingerprint density at radius 3 is 2.67 bits per heavy atom. The maximum Gasteiger partial charge on any atom is 0.325 e. The molecular weight excluding hydrogens is 328 g/mol. The van der Waals surface area contributed by atoms with Crippen molar-refractivity contribution in [3.63, 3.8) is 0 Å². The molecule has 6 heteroatoms. The van der Waals surface area contributed by atoms with Crippen LogP contribution in [0.15, 0.2) is 24.3 Å². The van der Waals surface area contributed by atoms with Crippen LogP contribution in [-0.4, -0.2) is 35.5 Å². The van der Waals surface area contributed by atoms with E-state index < -0.39 is 5.54 Å². The summed E-state index contributed by atoms with van der Waals surface area (Å²) in [6, 6.07) is 6.83. The van der Waals surface area contributed by atoms with Gasteiger partial charge in [0.2, 0.25) is 0 Å². The highest BCUT2D eigenvalue weighted by atomic mass is 35.5. The number of rotatable bonds is 5. The van der Waals surface area contributed by atoms with Crippen LogP contribution in [0, 0.1) is 5.92 Å². The molecule has 1 heterocycles. The molecule has 2 aliphatic rings. The number of benzene rings is 1. The second kappa shape index (κ2) is 7.01. The maximum atomic E-state index is 12.8. The number of carbonyl (C=O) groups excluding carboxylic acids is 2. The van der Waals surface area contributed by atoms with Crippen molar-refractivity contribution in [3.05, 3.63) is 29.3 Å². The van der Waals surface area contributed by atoms with E-state index in [4.69, 9.17) is 16.3 Å². The molecule has 3 amide bonds. The normalized spacial score (nSPS) is 25.0. The first-order valence-electron chi connectivity index (χ1n) is 8.54. The number of imide groups is 1. The predicted molar refractivity (Wildman–Crippen MR) is 92.2 cm³/mol. The van der Waals surface area contributed by atoms with E-state index in [1.165, 1.54) is 11.3 Å². The molecule has 0 radical (unpaired) electrons. The third-order valence-corrected chi connectivity index (χ3v) is 5.44. The van der Waals surface area contributed by atoms with Gasteiger partial charge in [-0.3, -0.25) is 9.69 Å². The number of hydrogen-bond donors (Lipinski definition) is 1. The van der Waals surface area contributed by atoms with Crippen molar-refractivity contribution >= 4 is 23.5 Å². The SMILES string of the molecule is C[C@@]1(C2CCCCC2)NC(=O)N(CCOc2ccccc2Cl)C1=O. The number of urea groups is 1. The Bertz CT molecular complexity index is 630. The number of ether oxygens (including phenoxy) is 1. The first kappa shape index (κ1) is 17.1. The lowest BCUT2D eigenvalue weighted by Gasteiger charge is -2.34. The van der Waals surface area contributed by atoms with Crippen LogP contribution in [0.5, 0.6) is 5.75 Å². The van der Waals surface area contributed by atoms with E-state index in [9.17, 15) is 9.59 Å². The zero-order valence-electron chi connectivity index (χ0n) is 13.9. The molecule has 1 saturated carbocycles. The zero-order chi connectivity index (χ0) is 17.2. The fourth-order valence-corrected chi connectivity index (χ4v) is 3.87. The van der Waals surface area contributed by atoms with Gasteiger partial charge in [-0.1, -0.05) is 43.0 Å². The van der Waals surface area contributed by atoms with E-state index in [-0.39, 0.29) is 31.0 Å². The van der Waals surface area contributed by atoms with Gasteiger partial charge in [0.25, 0.3) is 5.91 Å². The Balaban J connectivity index is 1.61. The molecule has 0 spiro atoms. The second-order valence-electron chi connectivity index (χ2n) is 6.70. The standard InChI is InChI=1S/C18H23ClN2O3/c1-18(13-7-3-2-4-8-13)16(22)21(17(23)20-18)11-12-24-15-10-6-5-9-14(15)19/h5-6,9-10,13H,2-4,7-8,11-12H2,1H3,(H,20,23)/t18-/m0/s1. The molecule has 130 valence electrons. The van der Waals surface area contributed by atoms with Crippen molar-refractivity contribution in [2.75, 3.05) is 13.2 Å². The Labute approximate surface area is 147 Å². The molecule has 0 aromatic heterocycles. The number of halogens is 1. The molecule has 1 aromatic carbocycles. The highest BCUT2D eigenvalue weighted by Crippen LogP contribution is 2.36. The molecule has 3 rings (SSSR count). The highest BCUT2D eigenvalue weighted by molar-refractivity contribution is 6.32. The van der Waals surface area contributed by atoms with Gasteiger partial charge in [-0.15, -0.1) is 0 Å². The average Bonchev–Trinajstić information content (AvgIpc) is 2.81. The van der Waals surface area contributed by atoms with Gasteiger partial charge in [0, 0.05) is 0 Å². The Kier molecular flexibility index (Phi) is 4.99. The molecule has 1 aliphatic carbocycles. The number of para-hydroxylation sites is 1. The minimum atomic E-state index is -0.776. The number of nitrogens with one attached hydrogen (secondary N) is 1. The number of carbonyl (C=O) groups is 2. The van der Waals surface area contributed by atoms with Crippen molar-refractivity contribution in [3.8, 4) is 5.75 Å². The highest BCUT2D eigenvalue weighted by Gasteiger charge is 2.52. The number of amides is 3. The van der Waals surface area contributed by atoms with Gasteiger partial charge >= 0.3 is 6.03 Å². The van der Waals surface area contributed by atoms with Gasteiger partial charge < -0.3 is 10.1 Å². The van der Waals surface area contributed by atoms with Gasteiger partial charge in [0.05, 0.1) is 11.6 Å². The second-order valence-corrected chi connectivity index (χ2v) is 7.11. The smallest absolute Gasteiger partial charge is 0.325 e. The van der Waals surface area contributed by atoms with Crippen LogP contribution in [0.2, 0.25) is 5.02 Å². The summed E-state index contributed by atoms with van der Waals surface area (Å²) < 4.78 is 5.60. The molecule has 1 N–H and O–H groups in total. The van der Waals surface area contributed by atoms with Crippen molar-refractivity contribution < 1.29 is 14.3 Å². The summed E-state index contributed by atoms with van der Waals surface area (Å²) in [5.41, 5.74) is -0.776. The molecular formula is C18H23ClN2O3. The van der Waals surface area contributed by atoms with E-state index in [0.717, 1.165) is 25.7 Å². The van der Waals surface area contributed by atoms with Crippen LogP contribution in [0.3, 0.4) is 0 Å². The lowest BCUT2D eigenvalue weighted by molar-refractivity contribution is -0.133. The summed E-state index contributed by atoms with van der Waals surface area (Å²) in [5, 5.41) is 3.43. The fraction of sp³-hybridized carbons (Fsp3) is 0.556. The van der Waals surface area contributed by atoms with E-state index in [0.29, 0.717) is 10.8 Å². The molecule has 0 bridgehead atoms. The van der Waals surface area contributed by atoms with Crippen molar-refractivity contribution in [1.82, 2.24) is 10.2 Å². The zero-order valence-corrected chi connectivity index (χ0v) is 14.6. The first-order chi connectivity index (χ1) is 11.5. The molecule has 1 atom stereocenters. The third kappa shape index (κ3) is 3.22. The van der Waals surface area contributed by atoms with Crippen LogP contribution >= 0.6 is 11.6 Å². The van der Waals surface area contributed by atoms with E-state index in [1.807, 2.05) is 19.1 Å². The molecule has 2 fully saturated rings. The molecule has 5 nitrogen and oxygen atoms in total. The van der Waals surface area contributed by atoms with Gasteiger partial charge in [0.1, 0.15) is 17.9 Å². The van der Waals surface area contributed by atoms with Crippen LogP contribution in [0.4, 0.5) is 4.79 Å². The van der Waals surface area contributed by atoms with Crippen molar-refractivity contribution in [2.45, 2.75) is 44.6 Å². The summed E-state index contributed by atoms with van der Waals surface area (Å²) in [4.78, 5) is 26.3. The maximum absolute atomic E-state index is 12.8. The molecule has 24 heavy (non-hydrogen) atoms. The van der Waals surface area contributed by atoms with Crippen molar-refractivity contribution in [1.29, 1.82) is 0 Å². The topological polar surface area (TPSA) is 58.6 Å². The van der Waals surface area contributed by atoms with Crippen molar-refractivity contribution in [2.24, 2.45) is 5.92 Å².